The summed E-state index contributed by atoms with van der Waals surface area (Å²) in [7, 11) is 1.58. The summed E-state index contributed by atoms with van der Waals surface area (Å²) in [6.07, 6.45) is 6.94. The third-order valence-corrected chi connectivity index (χ3v) is 29.0. The van der Waals surface area contributed by atoms with Gasteiger partial charge in [-0.15, -0.1) is 68.0 Å². The first-order valence-corrected chi connectivity index (χ1v) is 46.9. The molecule has 1 fully saturated rings. The van der Waals surface area contributed by atoms with Crippen LogP contribution >= 0.6 is 68.0 Å². The van der Waals surface area contributed by atoms with Gasteiger partial charge in [0.15, 0.2) is 0 Å². The molecule has 1 aliphatic carbocycles. The number of amides is 3. The fourth-order valence-electron chi connectivity index (χ4n) is 15.8. The van der Waals surface area contributed by atoms with Gasteiger partial charge in [-0.25, -0.2) is 29.9 Å². The van der Waals surface area contributed by atoms with E-state index in [1.807, 2.05) is 90.9 Å². The molecule has 7 aliphatic rings. The molecule has 0 radical (unpaired) electrons. The van der Waals surface area contributed by atoms with Crippen LogP contribution < -0.4 is 36.6 Å². The predicted molar refractivity (Wildman–Crippen MR) is 513 cm³/mol. The minimum absolute atomic E-state index is 0.0572. The number of carbonyl (C=O) groups is 3. The zero-order valence-corrected chi connectivity index (χ0v) is 77.2. The van der Waals surface area contributed by atoms with Gasteiger partial charge in [0.25, 0.3) is 11.8 Å². The molecule has 125 heavy (non-hydrogen) atoms. The molecule has 13 aromatic heterocycles. The molecule has 15 aromatic rings. The van der Waals surface area contributed by atoms with Gasteiger partial charge in [0.2, 0.25) is 5.91 Å². The maximum absolute atomic E-state index is 12.6. The molecule has 2 aromatic carbocycles. The fraction of sp³-hybridized carbons (Fsp3) is 0.302. The van der Waals surface area contributed by atoms with Crippen LogP contribution in [0.3, 0.4) is 0 Å². The van der Waals surface area contributed by atoms with Crippen molar-refractivity contribution in [3.05, 3.63) is 257 Å². The Hall–Kier alpha value is -12.0. The Balaban J connectivity index is 0.000000107. The molecule has 19 heterocycles. The van der Waals surface area contributed by atoms with Gasteiger partial charge in [-0.05, 0) is 222 Å². The van der Waals surface area contributed by atoms with Gasteiger partial charge in [-0.3, -0.25) is 44.3 Å². The van der Waals surface area contributed by atoms with E-state index in [1.165, 1.54) is 104 Å². The van der Waals surface area contributed by atoms with Crippen LogP contribution in [0.1, 0.15) is 198 Å². The number of nitrogens with zero attached hydrogens (tertiary/aromatic N) is 12. The minimum atomic E-state index is -0.191. The Bertz CT molecular complexity index is 6970. The maximum Gasteiger partial charge on any atom is 0.256 e. The first-order valence-electron chi connectivity index (χ1n) is 42.0. The van der Waals surface area contributed by atoms with Crippen molar-refractivity contribution in [3.63, 3.8) is 0 Å². The average molecular weight is 1770 g/mol. The summed E-state index contributed by atoms with van der Waals surface area (Å²) in [6.45, 7) is 32.7. The second-order valence-electron chi connectivity index (χ2n) is 32.4. The van der Waals surface area contributed by atoms with Gasteiger partial charge in [0, 0.05) is 130 Å². The lowest BCUT2D eigenvalue weighted by molar-refractivity contribution is -0.119. The van der Waals surface area contributed by atoms with E-state index in [0.29, 0.717) is 67.2 Å². The number of amidine groups is 6. The lowest BCUT2D eigenvalue weighted by Gasteiger charge is -2.08. The number of nitrogens with one attached hydrogen (secondary N) is 6. The molecular weight excluding hydrogens is 1680 g/mol. The molecule has 0 spiro atoms. The van der Waals surface area contributed by atoms with Crippen LogP contribution in [-0.4, -0.2) is 102 Å². The SMILES string of the molecule is CCCCC(=O)NC1=NCc2c1sc1nc(C)cc(C)c21.COc1cccc(C(=O)NC2=NCc3c2sc2nc(C)cc(C)c32)c1.Cc1ccc(C(=O)NC2=NCc3c2sc2nc(C)cc(C)c32)cc1.Cc1ccc2c3c(sc2n1)C(NC(C)C)=NC3.Cc1ccc2c3c(sc2n1)C(NCC1CC1)=NC3.Cc1ccc2c3c(sc2n1)C(NCc1ccco1)=NC3. The van der Waals surface area contributed by atoms with Crippen LogP contribution in [0.2, 0.25) is 0 Å². The second-order valence-corrected chi connectivity index (χ2v) is 38.4. The van der Waals surface area contributed by atoms with Gasteiger partial charge in [0.05, 0.1) is 88.4 Å². The summed E-state index contributed by atoms with van der Waals surface area (Å²) in [4.78, 5) is 105. The van der Waals surface area contributed by atoms with Crippen molar-refractivity contribution in [2.24, 2.45) is 35.9 Å². The molecule has 6 N–H and O–H groups in total. The molecule has 3 amide bonds. The van der Waals surface area contributed by atoms with E-state index in [-0.39, 0.29) is 17.7 Å². The van der Waals surface area contributed by atoms with Crippen molar-refractivity contribution >= 4 is 182 Å². The van der Waals surface area contributed by atoms with E-state index in [1.54, 1.807) is 99.6 Å². The minimum Gasteiger partial charge on any atom is -0.497 e. The van der Waals surface area contributed by atoms with Gasteiger partial charge in [-0.2, -0.15) is 0 Å². The number of aliphatic imine (C=N–C) groups is 6. The van der Waals surface area contributed by atoms with E-state index in [4.69, 9.17) is 9.15 Å². The van der Waals surface area contributed by atoms with Crippen LogP contribution in [0.25, 0.3) is 61.3 Å². The van der Waals surface area contributed by atoms with Crippen LogP contribution in [0.4, 0.5) is 0 Å². The lowest BCUT2D eigenvalue weighted by atomic mass is 10.1. The number of fused-ring (bicyclic) bond motifs is 18. The predicted octanol–water partition coefficient (Wildman–Crippen LogP) is 20.0. The number of rotatable bonds is 11. The number of pyridine rings is 6. The molecule has 22 rings (SSSR count). The van der Waals surface area contributed by atoms with Crippen molar-refractivity contribution in [2.75, 3.05) is 13.7 Å². The van der Waals surface area contributed by atoms with Gasteiger partial charge in [0.1, 0.15) is 75.5 Å². The van der Waals surface area contributed by atoms with E-state index >= 15 is 0 Å². The van der Waals surface area contributed by atoms with E-state index < -0.39 is 0 Å². The molecule has 636 valence electrons. The molecular formula is C96H96N18O5S6. The fourth-order valence-corrected chi connectivity index (χ4v) is 23.3. The maximum atomic E-state index is 12.6. The van der Waals surface area contributed by atoms with Gasteiger partial charge >= 0.3 is 0 Å². The van der Waals surface area contributed by atoms with Crippen LogP contribution in [0.15, 0.2) is 156 Å². The number of carbonyl (C=O) groups excluding carboxylic acids is 3. The molecule has 23 nitrogen and oxygen atoms in total. The topological polar surface area (TPSA) is 297 Å². The molecule has 0 unspecified atom stereocenters. The second kappa shape index (κ2) is 36.7. The Labute approximate surface area is 748 Å². The molecule has 0 bridgehead atoms. The number of thiophene rings is 6. The molecule has 6 aliphatic heterocycles. The average Bonchev–Trinajstić information content (AvgIpc) is 1.63. The Morgan fingerprint density at radius 1 is 0.432 bits per heavy atom. The zero-order valence-electron chi connectivity index (χ0n) is 72.3. The summed E-state index contributed by atoms with van der Waals surface area (Å²) >= 11 is 10.1. The molecule has 0 saturated heterocycles. The number of unbranched alkanes of at least 4 members (excludes halogenated alkanes) is 1. The normalized spacial score (nSPS) is 14.0. The standard InChI is InChI=1S/C19H17N3O2S.C19H17N3OS.C16H19N3OS.C15H13N3OS.C14H15N3S.C13H15N3S/c1-10-7-11(2)21-19-15(10)14-9-20-17(16(14)25-19)22-18(23)12-5-4-6-13(8-12)24-3;1-10-4-6-13(7-5-10)18(23)22-17-16-14(9-20-17)15-11(2)8-12(3)21-19(15)24-16;1-4-5-6-12(20)19-15-14-11(8-17-15)13-9(2)7-10(3)18-16(13)21-14;1-9-4-5-11-12-8-17-14(13(12)20-15(11)18-9)16-7-10-3-2-6-19-10;1-8-2-5-10-11-7-16-13(15-6-9-3-4-9)12(11)18-14(10)17-8;1-7(2)15-12-11-10(6-14-12)9-5-4-8(3)16-13(9)17-11/h4-8H,9H2,1-3H3,(H,20,22,23);4-8H,9H2,1-3H3,(H,20,22,23);7H,4-6,8H2,1-3H3,(H,17,19,20);2-6H,7-8H2,1H3,(H,16,17);2,5,9H,3-4,6-7H2,1H3,(H,15,16);4-5,7H,6H2,1-3H3,(H,14,15). The summed E-state index contributed by atoms with van der Waals surface area (Å²) < 4.78 is 10.5. The van der Waals surface area contributed by atoms with Crippen molar-refractivity contribution < 1.29 is 23.5 Å². The van der Waals surface area contributed by atoms with Crippen molar-refractivity contribution in [1.82, 2.24) is 61.8 Å². The monoisotopic (exact) mass is 1770 g/mol. The highest BCUT2D eigenvalue weighted by molar-refractivity contribution is 7.23. The van der Waals surface area contributed by atoms with Crippen LogP contribution in [0, 0.1) is 75.2 Å². The summed E-state index contributed by atoms with van der Waals surface area (Å²) in [6, 6.07) is 37.9. The first-order chi connectivity index (χ1) is 60.5. The van der Waals surface area contributed by atoms with Crippen molar-refractivity contribution in [2.45, 2.75) is 174 Å². The molecule has 29 heteroatoms. The highest BCUT2D eigenvalue weighted by Gasteiger charge is 2.32. The van der Waals surface area contributed by atoms with Crippen molar-refractivity contribution in [1.29, 1.82) is 0 Å². The van der Waals surface area contributed by atoms with E-state index in [9.17, 15) is 14.4 Å². The summed E-state index contributed by atoms with van der Waals surface area (Å²) in [5.74, 6) is 7.29. The summed E-state index contributed by atoms with van der Waals surface area (Å²) in [5, 5.41) is 26.5. The smallest absolute Gasteiger partial charge is 0.256 e. The highest BCUT2D eigenvalue weighted by atomic mass is 32.1. The van der Waals surface area contributed by atoms with Crippen molar-refractivity contribution in [3.8, 4) is 5.75 Å². The number of hydrogen-bond donors (Lipinski definition) is 6. The van der Waals surface area contributed by atoms with Gasteiger partial charge in [-0.1, -0.05) is 37.1 Å². The third-order valence-electron chi connectivity index (χ3n) is 22.1. The van der Waals surface area contributed by atoms with Crippen LogP contribution in [0.5, 0.6) is 5.75 Å². The number of methoxy groups -OCH3 is 1. The molecule has 0 atom stereocenters. The Morgan fingerprint density at radius 3 is 1.28 bits per heavy atom. The summed E-state index contributed by atoms with van der Waals surface area (Å²) in [5.41, 5.74) is 19.8. The quantitative estimate of drug-likeness (QED) is 0.0702. The number of ether oxygens (including phenoxy) is 1. The zero-order chi connectivity index (χ0) is 87.0. The number of aryl methyl sites for hydroxylation is 10. The third kappa shape index (κ3) is 18.5. The van der Waals surface area contributed by atoms with E-state index in [0.717, 1.165) is 163 Å². The Kier molecular flexibility index (Phi) is 25.0. The number of benzene rings is 2. The number of furan rings is 1. The Morgan fingerprint density at radius 2 is 0.840 bits per heavy atom. The highest BCUT2D eigenvalue weighted by Crippen LogP contribution is 2.42. The first kappa shape index (κ1) is 85.2. The molecule has 1 saturated carbocycles. The van der Waals surface area contributed by atoms with Crippen LogP contribution in [-0.2, 0) is 50.6 Å². The largest absolute Gasteiger partial charge is 0.497 e. The van der Waals surface area contributed by atoms with E-state index in [2.05, 4.69) is 188 Å². The lowest BCUT2D eigenvalue weighted by Crippen LogP contribution is -2.29. The number of hydrogen-bond acceptors (Lipinski definition) is 26. The van der Waals surface area contributed by atoms with Gasteiger partial charge < -0.3 is 41.1 Å². The number of aromatic nitrogens is 6.